The van der Waals surface area contributed by atoms with Gasteiger partial charge in [-0.2, -0.15) is 26.3 Å². The fourth-order valence-corrected chi connectivity index (χ4v) is 2.15. The zero-order valence-corrected chi connectivity index (χ0v) is 9.67. The van der Waals surface area contributed by atoms with Crippen LogP contribution in [-0.4, -0.2) is 0 Å². The molecule has 17 heavy (non-hydrogen) atoms. The SMILES string of the molecule is NCc1ccc(C(F)(F)F)c(Br)c1C(F)(F)F. The Morgan fingerprint density at radius 2 is 1.53 bits per heavy atom. The topological polar surface area (TPSA) is 26.0 Å². The maximum atomic E-state index is 12.6. The number of benzene rings is 1. The largest absolute Gasteiger partial charge is 0.417 e. The van der Waals surface area contributed by atoms with E-state index in [0.717, 1.165) is 6.07 Å². The van der Waals surface area contributed by atoms with Gasteiger partial charge in [-0.15, -0.1) is 0 Å². The van der Waals surface area contributed by atoms with Crippen molar-refractivity contribution in [2.75, 3.05) is 0 Å². The fourth-order valence-electron chi connectivity index (χ4n) is 1.31. The van der Waals surface area contributed by atoms with E-state index in [1.807, 2.05) is 0 Å². The molecule has 0 fully saturated rings. The summed E-state index contributed by atoms with van der Waals surface area (Å²) in [6.07, 6.45) is -9.75. The van der Waals surface area contributed by atoms with Crippen LogP contribution in [0.5, 0.6) is 0 Å². The summed E-state index contributed by atoms with van der Waals surface area (Å²) in [5.41, 5.74) is 1.93. The van der Waals surface area contributed by atoms with E-state index in [9.17, 15) is 26.3 Å². The van der Waals surface area contributed by atoms with E-state index in [-0.39, 0.29) is 0 Å². The molecule has 0 aromatic heterocycles. The molecule has 1 nitrogen and oxygen atoms in total. The van der Waals surface area contributed by atoms with E-state index in [2.05, 4.69) is 15.9 Å². The van der Waals surface area contributed by atoms with Crippen LogP contribution >= 0.6 is 15.9 Å². The minimum atomic E-state index is -4.89. The molecule has 1 rings (SSSR count). The fraction of sp³-hybridized carbons (Fsp3) is 0.333. The predicted molar refractivity (Wildman–Crippen MR) is 52.0 cm³/mol. The molecular formula is C9H6BrF6N. The molecule has 0 heterocycles. The smallest absolute Gasteiger partial charge is 0.326 e. The summed E-state index contributed by atoms with van der Waals surface area (Å²) in [4.78, 5) is 0. The Labute approximate surface area is 101 Å². The molecule has 0 amide bonds. The summed E-state index contributed by atoms with van der Waals surface area (Å²) >= 11 is 2.35. The molecule has 1 aromatic carbocycles. The van der Waals surface area contributed by atoms with Gasteiger partial charge < -0.3 is 5.73 Å². The summed E-state index contributed by atoms with van der Waals surface area (Å²) in [6.45, 7) is -0.494. The first-order valence-corrected chi connectivity index (χ1v) is 5.04. The van der Waals surface area contributed by atoms with Crippen molar-refractivity contribution < 1.29 is 26.3 Å². The standard InChI is InChI=1S/C9H6BrF6N/c10-7-5(8(11,12)13)2-1-4(3-17)6(7)9(14,15)16/h1-2H,3,17H2. The molecule has 8 heteroatoms. The first-order chi connectivity index (χ1) is 7.59. The van der Waals surface area contributed by atoms with Crippen LogP contribution in [0, 0.1) is 0 Å². The van der Waals surface area contributed by atoms with Crippen molar-refractivity contribution >= 4 is 15.9 Å². The first kappa shape index (κ1) is 14.3. The molecule has 1 aromatic rings. The van der Waals surface area contributed by atoms with Crippen LogP contribution in [0.3, 0.4) is 0 Å². The van der Waals surface area contributed by atoms with Crippen LogP contribution in [0.15, 0.2) is 16.6 Å². The van der Waals surface area contributed by atoms with Gasteiger partial charge in [-0.1, -0.05) is 6.07 Å². The third-order valence-corrected chi connectivity index (χ3v) is 2.86. The second-order valence-electron chi connectivity index (χ2n) is 3.16. The van der Waals surface area contributed by atoms with E-state index in [1.54, 1.807) is 0 Å². The lowest BCUT2D eigenvalue weighted by molar-refractivity contribution is -0.144. The van der Waals surface area contributed by atoms with E-state index < -0.39 is 40.1 Å². The van der Waals surface area contributed by atoms with Gasteiger partial charge in [-0.05, 0) is 27.6 Å². The average molecular weight is 322 g/mol. The van der Waals surface area contributed by atoms with Crippen molar-refractivity contribution in [3.63, 3.8) is 0 Å². The summed E-state index contributed by atoms with van der Waals surface area (Å²) in [7, 11) is 0. The molecule has 0 saturated carbocycles. The number of hydrogen-bond acceptors (Lipinski definition) is 1. The molecule has 0 saturated heterocycles. The molecule has 0 atom stereocenters. The highest BCUT2D eigenvalue weighted by Crippen LogP contribution is 2.43. The minimum Gasteiger partial charge on any atom is -0.326 e. The Morgan fingerprint density at radius 3 is 1.88 bits per heavy atom. The van der Waals surface area contributed by atoms with E-state index in [0.29, 0.717) is 6.07 Å². The monoisotopic (exact) mass is 321 g/mol. The molecule has 0 aliphatic carbocycles. The van der Waals surface area contributed by atoms with Crippen LogP contribution in [0.1, 0.15) is 16.7 Å². The van der Waals surface area contributed by atoms with Crippen molar-refractivity contribution in [1.82, 2.24) is 0 Å². The maximum absolute atomic E-state index is 12.6. The number of nitrogens with two attached hydrogens (primary N) is 1. The van der Waals surface area contributed by atoms with E-state index in [4.69, 9.17) is 5.73 Å². The van der Waals surface area contributed by atoms with Crippen molar-refractivity contribution in [3.8, 4) is 0 Å². The molecule has 0 unspecified atom stereocenters. The molecule has 0 bridgehead atoms. The molecule has 0 aliphatic heterocycles. The van der Waals surface area contributed by atoms with Crippen molar-refractivity contribution in [3.05, 3.63) is 33.3 Å². The Bertz CT molecular complexity index is 423. The predicted octanol–water partition coefficient (Wildman–Crippen LogP) is 3.95. The van der Waals surface area contributed by atoms with Crippen molar-refractivity contribution in [2.24, 2.45) is 5.73 Å². The zero-order chi connectivity index (χ0) is 13.4. The number of alkyl halides is 6. The van der Waals surface area contributed by atoms with Gasteiger partial charge in [-0.3, -0.25) is 0 Å². The summed E-state index contributed by atoms with van der Waals surface area (Å²) in [5, 5.41) is 0. The maximum Gasteiger partial charge on any atom is 0.417 e. The lowest BCUT2D eigenvalue weighted by atomic mass is 10.0. The van der Waals surface area contributed by atoms with Gasteiger partial charge in [-0.25, -0.2) is 0 Å². The van der Waals surface area contributed by atoms with Gasteiger partial charge in [0.25, 0.3) is 0 Å². The van der Waals surface area contributed by atoms with Crippen molar-refractivity contribution in [2.45, 2.75) is 18.9 Å². The van der Waals surface area contributed by atoms with Crippen LogP contribution < -0.4 is 5.73 Å². The molecular weight excluding hydrogens is 316 g/mol. The molecule has 96 valence electrons. The second kappa shape index (κ2) is 4.49. The summed E-state index contributed by atoms with van der Waals surface area (Å²) in [6, 6.07) is 1.30. The van der Waals surface area contributed by atoms with Crippen LogP contribution in [0.2, 0.25) is 0 Å². The number of rotatable bonds is 1. The van der Waals surface area contributed by atoms with Gasteiger partial charge >= 0.3 is 12.4 Å². The van der Waals surface area contributed by atoms with Gasteiger partial charge in [0.1, 0.15) is 0 Å². The van der Waals surface area contributed by atoms with Crippen molar-refractivity contribution in [1.29, 1.82) is 0 Å². The van der Waals surface area contributed by atoms with Gasteiger partial charge in [0, 0.05) is 11.0 Å². The van der Waals surface area contributed by atoms with Crippen LogP contribution in [0.25, 0.3) is 0 Å². The summed E-state index contributed by atoms with van der Waals surface area (Å²) < 4.78 is 74.1. The van der Waals surface area contributed by atoms with Crippen LogP contribution in [0.4, 0.5) is 26.3 Å². The van der Waals surface area contributed by atoms with E-state index >= 15 is 0 Å². The van der Waals surface area contributed by atoms with Gasteiger partial charge in [0.15, 0.2) is 0 Å². The average Bonchev–Trinajstić information content (AvgIpc) is 2.12. The minimum absolute atomic E-state index is 0.391. The molecule has 0 radical (unpaired) electrons. The third-order valence-electron chi connectivity index (χ3n) is 2.04. The Morgan fingerprint density at radius 1 is 1.00 bits per heavy atom. The molecule has 0 aliphatic rings. The highest BCUT2D eigenvalue weighted by Gasteiger charge is 2.41. The van der Waals surface area contributed by atoms with Gasteiger partial charge in [0.05, 0.1) is 11.1 Å². The second-order valence-corrected chi connectivity index (χ2v) is 3.95. The zero-order valence-electron chi connectivity index (χ0n) is 8.08. The molecule has 0 spiro atoms. The summed E-state index contributed by atoms with van der Waals surface area (Å²) in [5.74, 6) is 0. The first-order valence-electron chi connectivity index (χ1n) is 4.25. The van der Waals surface area contributed by atoms with Gasteiger partial charge in [0.2, 0.25) is 0 Å². The lowest BCUT2D eigenvalue weighted by Gasteiger charge is -2.17. The highest BCUT2D eigenvalue weighted by molar-refractivity contribution is 9.10. The Kier molecular flexibility index (Phi) is 3.78. The quantitative estimate of drug-likeness (QED) is 0.779. The molecule has 2 N–H and O–H groups in total. The number of hydrogen-bond donors (Lipinski definition) is 1. The highest BCUT2D eigenvalue weighted by atomic mass is 79.9. The third kappa shape index (κ3) is 2.92. The normalized spacial score (nSPS) is 12.9. The van der Waals surface area contributed by atoms with Crippen LogP contribution in [-0.2, 0) is 18.9 Å². The Hall–Kier alpha value is -0.760. The van der Waals surface area contributed by atoms with E-state index in [1.165, 1.54) is 0 Å². The number of halogens is 7. The Balaban J connectivity index is 3.55. The lowest BCUT2D eigenvalue weighted by Crippen LogP contribution is -2.17.